The standard InChI is InChI=1S/C19H27BF3NO4/c1-17(2)18(3,4)28-20(27-17)15-11-12(24)10-14(19(21,22)23)13(15)8-6-7-9-16(25)26-5/h10-11H,6-9,24H2,1-5H3. The van der Waals surface area contributed by atoms with E-state index in [1.165, 1.54) is 13.2 Å². The molecule has 1 aliphatic heterocycles. The van der Waals surface area contributed by atoms with Gasteiger partial charge in [-0.25, -0.2) is 0 Å². The van der Waals surface area contributed by atoms with Crippen LogP contribution in [0.3, 0.4) is 0 Å². The number of alkyl halides is 3. The Bertz CT molecular complexity index is 719. The Morgan fingerprint density at radius 3 is 2.21 bits per heavy atom. The van der Waals surface area contributed by atoms with Gasteiger partial charge in [0.1, 0.15) is 0 Å². The Morgan fingerprint density at radius 1 is 1.14 bits per heavy atom. The second-order valence-electron chi connectivity index (χ2n) is 8.01. The molecule has 0 radical (unpaired) electrons. The van der Waals surface area contributed by atoms with Gasteiger partial charge in [-0.1, -0.05) is 0 Å². The first kappa shape index (κ1) is 22.6. The summed E-state index contributed by atoms with van der Waals surface area (Å²) in [5, 5.41) is 0. The molecule has 0 saturated carbocycles. The number of methoxy groups -OCH3 is 1. The van der Waals surface area contributed by atoms with E-state index in [0.717, 1.165) is 6.07 Å². The zero-order valence-corrected chi connectivity index (χ0v) is 16.9. The molecule has 1 aromatic rings. The summed E-state index contributed by atoms with van der Waals surface area (Å²) in [6, 6.07) is 2.41. The van der Waals surface area contributed by atoms with E-state index in [1.54, 1.807) is 0 Å². The van der Waals surface area contributed by atoms with Gasteiger partial charge in [0.2, 0.25) is 0 Å². The average Bonchev–Trinajstić information content (AvgIpc) is 2.78. The van der Waals surface area contributed by atoms with Gasteiger partial charge in [0.05, 0.1) is 23.9 Å². The summed E-state index contributed by atoms with van der Waals surface area (Å²) >= 11 is 0. The molecule has 156 valence electrons. The lowest BCUT2D eigenvalue weighted by molar-refractivity contribution is -0.141. The Balaban J connectivity index is 2.38. The van der Waals surface area contributed by atoms with Crippen LogP contribution >= 0.6 is 0 Å². The predicted octanol–water partition coefficient (Wildman–Crippen LogP) is 3.47. The number of unbranched alkanes of at least 4 members (excludes halogenated alkanes) is 1. The third-order valence-corrected chi connectivity index (χ3v) is 5.40. The summed E-state index contributed by atoms with van der Waals surface area (Å²) < 4.78 is 57.5. The summed E-state index contributed by atoms with van der Waals surface area (Å²) in [7, 11) is 0.325. The number of rotatable bonds is 6. The van der Waals surface area contributed by atoms with E-state index in [2.05, 4.69) is 4.74 Å². The highest BCUT2D eigenvalue weighted by atomic mass is 19.4. The maximum Gasteiger partial charge on any atom is 0.495 e. The normalized spacial score (nSPS) is 18.4. The van der Waals surface area contributed by atoms with Crippen molar-refractivity contribution in [1.82, 2.24) is 0 Å². The van der Waals surface area contributed by atoms with Crippen LogP contribution in [0.1, 0.15) is 58.1 Å². The molecule has 9 heteroatoms. The fourth-order valence-corrected chi connectivity index (χ4v) is 3.10. The number of nitrogen functional groups attached to an aromatic ring is 1. The van der Waals surface area contributed by atoms with Crippen LogP contribution in [0.2, 0.25) is 0 Å². The number of ether oxygens (including phenoxy) is 1. The summed E-state index contributed by atoms with van der Waals surface area (Å²) in [4.78, 5) is 11.3. The number of carbonyl (C=O) groups excluding carboxylic acids is 1. The van der Waals surface area contributed by atoms with Crippen LogP contribution in [0.25, 0.3) is 0 Å². The van der Waals surface area contributed by atoms with Gasteiger partial charge in [0.25, 0.3) is 0 Å². The zero-order chi connectivity index (χ0) is 21.3. The van der Waals surface area contributed by atoms with E-state index < -0.39 is 30.1 Å². The van der Waals surface area contributed by atoms with Gasteiger partial charge in [-0.05, 0) is 70.1 Å². The molecule has 1 saturated heterocycles. The second-order valence-corrected chi connectivity index (χ2v) is 8.01. The predicted molar refractivity (Wildman–Crippen MR) is 101 cm³/mol. The molecule has 0 aromatic heterocycles. The minimum Gasteiger partial charge on any atom is -0.469 e. The van der Waals surface area contributed by atoms with E-state index in [4.69, 9.17) is 15.0 Å². The van der Waals surface area contributed by atoms with Crippen molar-refractivity contribution in [1.29, 1.82) is 0 Å². The van der Waals surface area contributed by atoms with Crippen LogP contribution in [-0.4, -0.2) is 31.4 Å². The smallest absolute Gasteiger partial charge is 0.469 e. The number of halogens is 3. The first-order valence-electron chi connectivity index (χ1n) is 9.20. The second kappa shape index (κ2) is 7.95. The molecule has 1 fully saturated rings. The Hall–Kier alpha value is -1.74. The van der Waals surface area contributed by atoms with Crippen LogP contribution < -0.4 is 11.2 Å². The summed E-state index contributed by atoms with van der Waals surface area (Å²) in [6.07, 6.45) is -3.50. The van der Waals surface area contributed by atoms with E-state index in [-0.39, 0.29) is 35.5 Å². The molecule has 28 heavy (non-hydrogen) atoms. The number of hydrogen-bond acceptors (Lipinski definition) is 5. The minimum atomic E-state index is -4.56. The van der Waals surface area contributed by atoms with Gasteiger partial charge in [-0.3, -0.25) is 4.79 Å². The summed E-state index contributed by atoms with van der Waals surface area (Å²) in [5.41, 5.74) is 3.95. The van der Waals surface area contributed by atoms with E-state index in [9.17, 15) is 18.0 Å². The Labute approximate surface area is 163 Å². The van der Waals surface area contributed by atoms with Crippen molar-refractivity contribution in [2.24, 2.45) is 0 Å². The van der Waals surface area contributed by atoms with Crippen LogP contribution in [0, 0.1) is 0 Å². The van der Waals surface area contributed by atoms with E-state index in [1.807, 2.05) is 27.7 Å². The fourth-order valence-electron chi connectivity index (χ4n) is 3.10. The van der Waals surface area contributed by atoms with Crippen molar-refractivity contribution >= 4 is 24.2 Å². The number of anilines is 1. The average molecular weight is 401 g/mol. The molecule has 5 nitrogen and oxygen atoms in total. The largest absolute Gasteiger partial charge is 0.495 e. The van der Waals surface area contributed by atoms with Gasteiger partial charge < -0.3 is 19.8 Å². The molecule has 2 rings (SSSR count). The van der Waals surface area contributed by atoms with Crippen molar-refractivity contribution in [2.45, 2.75) is 70.8 Å². The molecule has 0 atom stereocenters. The maximum atomic E-state index is 13.7. The molecule has 0 aliphatic carbocycles. The summed E-state index contributed by atoms with van der Waals surface area (Å²) in [5.74, 6) is -0.389. The van der Waals surface area contributed by atoms with E-state index >= 15 is 0 Å². The molecular weight excluding hydrogens is 374 g/mol. The van der Waals surface area contributed by atoms with Crippen molar-refractivity contribution in [3.05, 3.63) is 23.3 Å². The molecule has 1 aromatic carbocycles. The van der Waals surface area contributed by atoms with Gasteiger partial charge in [-0.15, -0.1) is 0 Å². The molecule has 0 bridgehead atoms. The van der Waals surface area contributed by atoms with Crippen molar-refractivity contribution in [3.63, 3.8) is 0 Å². The molecule has 0 unspecified atom stereocenters. The zero-order valence-electron chi connectivity index (χ0n) is 16.9. The topological polar surface area (TPSA) is 70.8 Å². The van der Waals surface area contributed by atoms with Gasteiger partial charge in [0.15, 0.2) is 0 Å². The van der Waals surface area contributed by atoms with Crippen LogP contribution in [0.5, 0.6) is 0 Å². The molecule has 0 amide bonds. The lowest BCUT2D eigenvalue weighted by atomic mass is 9.73. The van der Waals surface area contributed by atoms with Crippen molar-refractivity contribution in [2.75, 3.05) is 12.8 Å². The van der Waals surface area contributed by atoms with Crippen molar-refractivity contribution < 1.29 is 32.0 Å². The third kappa shape index (κ3) is 4.81. The van der Waals surface area contributed by atoms with Crippen molar-refractivity contribution in [3.8, 4) is 0 Å². The fraction of sp³-hybridized carbons (Fsp3) is 0.632. The molecule has 0 spiro atoms. The van der Waals surface area contributed by atoms with E-state index in [0.29, 0.717) is 12.8 Å². The number of carbonyl (C=O) groups is 1. The van der Waals surface area contributed by atoms with Gasteiger partial charge in [-0.2, -0.15) is 13.2 Å². The molecule has 1 aliphatic rings. The van der Waals surface area contributed by atoms with Gasteiger partial charge >= 0.3 is 19.3 Å². The maximum absolute atomic E-state index is 13.7. The molecular formula is C19H27BF3NO4. The number of benzene rings is 1. The number of nitrogens with two attached hydrogens (primary N) is 1. The third-order valence-electron chi connectivity index (χ3n) is 5.40. The first-order valence-corrected chi connectivity index (χ1v) is 9.20. The number of hydrogen-bond donors (Lipinski definition) is 1. The lowest BCUT2D eigenvalue weighted by Crippen LogP contribution is -2.41. The minimum absolute atomic E-state index is 0.00431. The highest BCUT2D eigenvalue weighted by Gasteiger charge is 2.52. The highest BCUT2D eigenvalue weighted by Crippen LogP contribution is 2.39. The highest BCUT2D eigenvalue weighted by molar-refractivity contribution is 6.62. The van der Waals surface area contributed by atoms with Crippen LogP contribution in [0.15, 0.2) is 12.1 Å². The molecule has 2 N–H and O–H groups in total. The van der Waals surface area contributed by atoms with Gasteiger partial charge in [0, 0.05) is 12.1 Å². The number of esters is 1. The first-order chi connectivity index (χ1) is 12.8. The molecule has 1 heterocycles. The monoisotopic (exact) mass is 401 g/mol. The van der Waals surface area contributed by atoms with Crippen LogP contribution in [-0.2, 0) is 31.4 Å². The Morgan fingerprint density at radius 2 is 1.71 bits per heavy atom. The lowest BCUT2D eigenvalue weighted by Gasteiger charge is -2.32. The SMILES string of the molecule is COC(=O)CCCCc1c(B2OC(C)(C)C(C)(C)O2)cc(N)cc1C(F)(F)F. The summed E-state index contributed by atoms with van der Waals surface area (Å²) in [6.45, 7) is 7.33. The Kier molecular flexibility index (Phi) is 6.40. The quantitative estimate of drug-likeness (QED) is 0.342. The van der Waals surface area contributed by atoms with Crippen LogP contribution in [0.4, 0.5) is 18.9 Å².